The molecule has 0 N–H and O–H groups in total. The quantitative estimate of drug-likeness (QED) is 0.448. The van der Waals surface area contributed by atoms with E-state index >= 15 is 0 Å². The maximum absolute atomic E-state index is 11.0. The highest BCUT2D eigenvalue weighted by Crippen LogP contribution is 2.08. The van der Waals surface area contributed by atoms with Crippen molar-refractivity contribution in [3.63, 3.8) is 0 Å². The molecule has 0 aromatic rings. The molecule has 1 rings (SSSR count). The first-order valence-electron chi connectivity index (χ1n) is 3.93. The second-order valence-electron chi connectivity index (χ2n) is 2.45. The van der Waals surface area contributed by atoms with Crippen LogP contribution in [-0.2, 0) is 9.78 Å². The SMILES string of the molecule is CCOOC(=O)N1CCCC1. The summed E-state index contributed by atoms with van der Waals surface area (Å²) in [7, 11) is 0. The van der Waals surface area contributed by atoms with Crippen molar-refractivity contribution in [1.82, 2.24) is 4.90 Å². The van der Waals surface area contributed by atoms with E-state index in [9.17, 15) is 4.79 Å². The standard InChI is InChI=1S/C7H13NO3/c1-2-10-11-7(9)8-5-3-4-6-8/h2-6H2,1H3. The predicted molar refractivity (Wildman–Crippen MR) is 38.9 cm³/mol. The summed E-state index contributed by atoms with van der Waals surface area (Å²) in [5.74, 6) is 0. The van der Waals surface area contributed by atoms with Gasteiger partial charge in [-0.25, -0.2) is 4.79 Å². The molecule has 0 aromatic carbocycles. The molecule has 64 valence electrons. The van der Waals surface area contributed by atoms with Crippen molar-refractivity contribution in [2.24, 2.45) is 0 Å². The Morgan fingerprint density at radius 2 is 2.09 bits per heavy atom. The fourth-order valence-corrected chi connectivity index (χ4v) is 1.06. The second-order valence-corrected chi connectivity index (χ2v) is 2.45. The first kappa shape index (κ1) is 8.33. The van der Waals surface area contributed by atoms with E-state index in [-0.39, 0.29) is 6.09 Å². The van der Waals surface area contributed by atoms with Crippen LogP contribution in [0.2, 0.25) is 0 Å². The second kappa shape index (κ2) is 4.18. The third-order valence-corrected chi connectivity index (χ3v) is 1.61. The summed E-state index contributed by atoms with van der Waals surface area (Å²) >= 11 is 0. The maximum atomic E-state index is 11.0. The Balaban J connectivity index is 2.17. The van der Waals surface area contributed by atoms with Crippen LogP contribution in [-0.4, -0.2) is 30.7 Å². The number of likely N-dealkylation sites (tertiary alicyclic amines) is 1. The molecule has 1 amide bonds. The van der Waals surface area contributed by atoms with Crippen molar-refractivity contribution in [3.8, 4) is 0 Å². The molecule has 0 aromatic heterocycles. The van der Waals surface area contributed by atoms with Gasteiger partial charge in [0.05, 0.1) is 6.61 Å². The molecule has 0 atom stereocenters. The van der Waals surface area contributed by atoms with Gasteiger partial charge in [0, 0.05) is 13.1 Å². The number of hydrogen-bond acceptors (Lipinski definition) is 3. The van der Waals surface area contributed by atoms with E-state index in [1.54, 1.807) is 11.8 Å². The Bertz CT molecular complexity index is 132. The molecule has 4 nitrogen and oxygen atoms in total. The van der Waals surface area contributed by atoms with Gasteiger partial charge in [0.2, 0.25) is 0 Å². The summed E-state index contributed by atoms with van der Waals surface area (Å²) in [6, 6.07) is 0. The zero-order valence-corrected chi connectivity index (χ0v) is 6.71. The van der Waals surface area contributed by atoms with Gasteiger partial charge in [-0.05, 0) is 19.8 Å². The zero-order valence-electron chi connectivity index (χ0n) is 6.71. The van der Waals surface area contributed by atoms with Crippen LogP contribution in [0.15, 0.2) is 0 Å². The number of rotatable bonds is 2. The number of nitrogens with zero attached hydrogens (tertiary/aromatic N) is 1. The Kier molecular flexibility index (Phi) is 3.16. The minimum absolute atomic E-state index is 0.357. The molecule has 1 aliphatic rings. The lowest BCUT2D eigenvalue weighted by atomic mass is 10.4. The van der Waals surface area contributed by atoms with Crippen LogP contribution >= 0.6 is 0 Å². The lowest BCUT2D eigenvalue weighted by Crippen LogP contribution is -2.28. The Hall–Kier alpha value is -0.770. The monoisotopic (exact) mass is 159 g/mol. The Morgan fingerprint density at radius 1 is 1.45 bits per heavy atom. The lowest BCUT2D eigenvalue weighted by molar-refractivity contribution is -0.241. The van der Waals surface area contributed by atoms with Crippen molar-refractivity contribution in [2.75, 3.05) is 19.7 Å². The molecule has 0 bridgehead atoms. The average Bonchev–Trinajstić information content (AvgIpc) is 2.52. The van der Waals surface area contributed by atoms with Gasteiger partial charge in [0.25, 0.3) is 0 Å². The molecule has 1 saturated heterocycles. The third-order valence-electron chi connectivity index (χ3n) is 1.61. The first-order valence-corrected chi connectivity index (χ1v) is 3.93. The largest absolute Gasteiger partial charge is 0.441 e. The van der Waals surface area contributed by atoms with Crippen molar-refractivity contribution in [1.29, 1.82) is 0 Å². The van der Waals surface area contributed by atoms with Gasteiger partial charge >= 0.3 is 6.09 Å². The summed E-state index contributed by atoms with van der Waals surface area (Å²) in [6.45, 7) is 3.77. The maximum Gasteiger partial charge on any atom is 0.441 e. The molecule has 11 heavy (non-hydrogen) atoms. The van der Waals surface area contributed by atoms with E-state index in [4.69, 9.17) is 0 Å². The van der Waals surface area contributed by atoms with Gasteiger partial charge in [-0.15, -0.1) is 0 Å². The molecule has 0 saturated carbocycles. The van der Waals surface area contributed by atoms with Gasteiger partial charge in [0.1, 0.15) is 0 Å². The summed E-state index contributed by atoms with van der Waals surface area (Å²) in [4.78, 5) is 21.6. The molecular weight excluding hydrogens is 146 g/mol. The normalized spacial score (nSPS) is 17.0. The molecule has 4 heteroatoms. The van der Waals surface area contributed by atoms with E-state index in [1.165, 1.54) is 0 Å². The average molecular weight is 159 g/mol. The molecule has 0 spiro atoms. The summed E-state index contributed by atoms with van der Waals surface area (Å²) < 4.78 is 0. The number of amides is 1. The van der Waals surface area contributed by atoms with Crippen molar-refractivity contribution in [3.05, 3.63) is 0 Å². The molecular formula is C7H13NO3. The van der Waals surface area contributed by atoms with Crippen molar-refractivity contribution >= 4 is 6.09 Å². The van der Waals surface area contributed by atoms with E-state index < -0.39 is 0 Å². The third kappa shape index (κ3) is 2.38. The highest BCUT2D eigenvalue weighted by atomic mass is 17.2. The van der Waals surface area contributed by atoms with Gasteiger partial charge in [0.15, 0.2) is 0 Å². The highest BCUT2D eigenvalue weighted by molar-refractivity contribution is 5.67. The number of hydrogen-bond donors (Lipinski definition) is 0. The molecule has 0 radical (unpaired) electrons. The van der Waals surface area contributed by atoms with Crippen molar-refractivity contribution < 1.29 is 14.6 Å². The molecule has 0 aliphatic carbocycles. The van der Waals surface area contributed by atoms with Crippen LogP contribution in [0, 0.1) is 0 Å². The highest BCUT2D eigenvalue weighted by Gasteiger charge is 2.19. The van der Waals surface area contributed by atoms with Crippen LogP contribution in [0.25, 0.3) is 0 Å². The minimum atomic E-state index is -0.357. The van der Waals surface area contributed by atoms with Crippen LogP contribution in [0.4, 0.5) is 4.79 Å². The van der Waals surface area contributed by atoms with Crippen LogP contribution in [0.5, 0.6) is 0 Å². The smallest absolute Gasteiger partial charge is 0.306 e. The number of carbonyl (C=O) groups excluding carboxylic acids is 1. The zero-order chi connectivity index (χ0) is 8.10. The van der Waals surface area contributed by atoms with E-state index in [2.05, 4.69) is 9.78 Å². The fraction of sp³-hybridized carbons (Fsp3) is 0.857. The number of carbonyl (C=O) groups is 1. The van der Waals surface area contributed by atoms with Gasteiger partial charge in [-0.3, -0.25) is 4.89 Å². The summed E-state index contributed by atoms with van der Waals surface area (Å²) in [5.41, 5.74) is 0. The van der Waals surface area contributed by atoms with Crippen molar-refractivity contribution in [2.45, 2.75) is 19.8 Å². The predicted octanol–water partition coefficient (Wildman–Crippen LogP) is 1.17. The minimum Gasteiger partial charge on any atom is -0.306 e. The Morgan fingerprint density at radius 3 is 2.64 bits per heavy atom. The van der Waals surface area contributed by atoms with Crippen LogP contribution in [0.3, 0.4) is 0 Å². The topological polar surface area (TPSA) is 38.8 Å². The first-order chi connectivity index (χ1) is 5.34. The van der Waals surface area contributed by atoms with Crippen LogP contribution < -0.4 is 0 Å². The lowest BCUT2D eigenvalue weighted by Gasteiger charge is -2.12. The molecule has 1 heterocycles. The fourth-order valence-electron chi connectivity index (χ4n) is 1.06. The van der Waals surface area contributed by atoms with Gasteiger partial charge in [-0.1, -0.05) is 0 Å². The van der Waals surface area contributed by atoms with E-state index in [0.717, 1.165) is 25.9 Å². The van der Waals surface area contributed by atoms with Crippen LogP contribution in [0.1, 0.15) is 19.8 Å². The molecule has 0 unspecified atom stereocenters. The van der Waals surface area contributed by atoms with E-state index in [0.29, 0.717) is 6.61 Å². The van der Waals surface area contributed by atoms with Gasteiger partial charge in [-0.2, -0.15) is 4.89 Å². The Labute approximate surface area is 66.0 Å². The van der Waals surface area contributed by atoms with Gasteiger partial charge < -0.3 is 4.90 Å². The summed E-state index contributed by atoms with van der Waals surface area (Å²) in [6.07, 6.45) is 1.78. The van der Waals surface area contributed by atoms with E-state index in [1.807, 2.05) is 0 Å². The summed E-state index contributed by atoms with van der Waals surface area (Å²) in [5, 5.41) is 0. The molecule has 1 aliphatic heterocycles. The molecule has 1 fully saturated rings.